The Morgan fingerprint density at radius 1 is 1.19 bits per heavy atom. The van der Waals surface area contributed by atoms with Crippen molar-refractivity contribution in [3.05, 3.63) is 35.4 Å². The highest BCUT2D eigenvalue weighted by atomic mass is 35.5. The summed E-state index contributed by atoms with van der Waals surface area (Å²) in [4.78, 5) is 2.41. The van der Waals surface area contributed by atoms with Gasteiger partial charge in [-0.1, -0.05) is 29.8 Å². The van der Waals surface area contributed by atoms with Crippen molar-refractivity contribution in [1.29, 1.82) is 0 Å². The Morgan fingerprint density at radius 2 is 1.75 bits per heavy atom. The van der Waals surface area contributed by atoms with Crippen molar-refractivity contribution in [2.24, 2.45) is 0 Å². The van der Waals surface area contributed by atoms with E-state index in [1.807, 2.05) is 0 Å². The number of hydrogen-bond donors (Lipinski definition) is 1. The Kier molecular flexibility index (Phi) is 5.26. The van der Waals surface area contributed by atoms with E-state index in [4.69, 9.17) is 0 Å². The maximum absolute atomic E-state index is 9.40. The van der Waals surface area contributed by atoms with Crippen LogP contribution in [0.15, 0.2) is 24.3 Å². The zero-order chi connectivity index (χ0) is 10.7. The lowest BCUT2D eigenvalue weighted by Gasteiger charge is -2.29. The lowest BCUT2D eigenvalue weighted by atomic mass is 10.1. The lowest BCUT2D eigenvalue weighted by Crippen LogP contribution is -2.35. The minimum atomic E-state index is -0.0701. The molecule has 1 N–H and O–H groups in total. The fraction of sp³-hybridized carbons (Fsp3) is 0.538. The second kappa shape index (κ2) is 6.24. The molecule has 0 bridgehead atoms. The van der Waals surface area contributed by atoms with Crippen molar-refractivity contribution < 1.29 is 5.11 Å². The monoisotopic (exact) mass is 241 g/mol. The number of aliphatic hydroxyl groups is 1. The van der Waals surface area contributed by atoms with Crippen molar-refractivity contribution >= 4 is 12.4 Å². The predicted molar refractivity (Wildman–Crippen MR) is 68.9 cm³/mol. The highest BCUT2D eigenvalue weighted by molar-refractivity contribution is 5.85. The molecule has 90 valence electrons. The quantitative estimate of drug-likeness (QED) is 0.860. The van der Waals surface area contributed by atoms with Crippen LogP contribution in [0.4, 0.5) is 0 Å². The molecule has 1 fully saturated rings. The van der Waals surface area contributed by atoms with E-state index in [9.17, 15) is 5.11 Å². The minimum absolute atomic E-state index is 0. The van der Waals surface area contributed by atoms with E-state index in [0.717, 1.165) is 32.5 Å². The van der Waals surface area contributed by atoms with Crippen molar-refractivity contribution in [1.82, 2.24) is 4.90 Å². The van der Waals surface area contributed by atoms with Gasteiger partial charge in [-0.3, -0.25) is 4.90 Å². The summed E-state index contributed by atoms with van der Waals surface area (Å²) in [5.74, 6) is 0. The van der Waals surface area contributed by atoms with Crippen LogP contribution in [0.2, 0.25) is 0 Å². The number of hydrogen-bond acceptors (Lipinski definition) is 2. The third kappa shape index (κ3) is 3.78. The molecule has 0 saturated carbocycles. The van der Waals surface area contributed by atoms with Gasteiger partial charge < -0.3 is 5.11 Å². The normalized spacial score (nSPS) is 18.1. The average molecular weight is 242 g/mol. The summed E-state index contributed by atoms with van der Waals surface area (Å²) in [6.07, 6.45) is 1.77. The Labute approximate surface area is 104 Å². The third-order valence-electron chi connectivity index (χ3n) is 3.08. The number of aryl methyl sites for hydroxylation is 1. The van der Waals surface area contributed by atoms with Crippen LogP contribution in [0.25, 0.3) is 0 Å². The van der Waals surface area contributed by atoms with E-state index in [1.165, 1.54) is 11.1 Å². The first kappa shape index (κ1) is 13.5. The molecular weight excluding hydrogens is 222 g/mol. The van der Waals surface area contributed by atoms with Gasteiger partial charge in [0.1, 0.15) is 0 Å². The van der Waals surface area contributed by atoms with Gasteiger partial charge in [-0.05, 0) is 25.3 Å². The highest BCUT2D eigenvalue weighted by Crippen LogP contribution is 2.13. The van der Waals surface area contributed by atoms with E-state index < -0.39 is 0 Å². The average Bonchev–Trinajstić information content (AvgIpc) is 2.25. The number of nitrogens with zero attached hydrogens (tertiary/aromatic N) is 1. The topological polar surface area (TPSA) is 23.5 Å². The maximum atomic E-state index is 9.40. The number of rotatable bonds is 2. The van der Waals surface area contributed by atoms with Gasteiger partial charge in [0.25, 0.3) is 0 Å². The first-order valence-corrected chi connectivity index (χ1v) is 5.70. The zero-order valence-corrected chi connectivity index (χ0v) is 10.5. The molecule has 1 saturated heterocycles. The van der Waals surface area contributed by atoms with Gasteiger partial charge in [0.05, 0.1) is 6.10 Å². The fourth-order valence-corrected chi connectivity index (χ4v) is 2.03. The molecular formula is C13H20ClNO. The van der Waals surface area contributed by atoms with Crippen molar-refractivity contribution in [2.45, 2.75) is 32.4 Å². The molecule has 0 radical (unpaired) electrons. The standard InChI is InChI=1S/C13H19NO.ClH/c1-11-2-4-12(5-3-11)10-14-8-6-13(15)7-9-14;/h2-5,13,15H,6-10H2,1H3;1H. The molecule has 0 atom stereocenters. The number of benzene rings is 1. The third-order valence-corrected chi connectivity index (χ3v) is 3.08. The second-order valence-electron chi connectivity index (χ2n) is 4.49. The smallest absolute Gasteiger partial charge is 0.0564 e. The van der Waals surface area contributed by atoms with Crippen LogP contribution < -0.4 is 0 Å². The predicted octanol–water partition coefficient (Wildman–Crippen LogP) is 2.37. The van der Waals surface area contributed by atoms with E-state index in [2.05, 4.69) is 36.1 Å². The van der Waals surface area contributed by atoms with Gasteiger partial charge in [-0.25, -0.2) is 0 Å². The summed E-state index contributed by atoms with van der Waals surface area (Å²) < 4.78 is 0. The van der Waals surface area contributed by atoms with E-state index in [0.29, 0.717) is 0 Å². The van der Waals surface area contributed by atoms with Crippen molar-refractivity contribution in [3.63, 3.8) is 0 Å². The van der Waals surface area contributed by atoms with E-state index in [1.54, 1.807) is 0 Å². The Morgan fingerprint density at radius 3 is 2.31 bits per heavy atom. The molecule has 0 spiro atoms. The molecule has 1 aromatic rings. The van der Waals surface area contributed by atoms with E-state index >= 15 is 0 Å². The fourth-order valence-electron chi connectivity index (χ4n) is 2.03. The van der Waals surface area contributed by atoms with Crippen molar-refractivity contribution in [2.75, 3.05) is 13.1 Å². The zero-order valence-electron chi connectivity index (χ0n) is 9.72. The summed E-state index contributed by atoms with van der Waals surface area (Å²) in [6.45, 7) is 5.18. The molecule has 0 unspecified atom stereocenters. The Balaban J connectivity index is 0.00000128. The molecule has 1 aliphatic rings. The van der Waals surface area contributed by atoms with Crippen LogP contribution in [-0.4, -0.2) is 29.2 Å². The molecule has 1 heterocycles. The van der Waals surface area contributed by atoms with Crippen LogP contribution in [0.5, 0.6) is 0 Å². The molecule has 2 rings (SSSR count). The van der Waals surface area contributed by atoms with Gasteiger partial charge in [0.15, 0.2) is 0 Å². The molecule has 0 aliphatic carbocycles. The summed E-state index contributed by atoms with van der Waals surface area (Å²) in [5, 5.41) is 9.40. The summed E-state index contributed by atoms with van der Waals surface area (Å²) in [5.41, 5.74) is 2.69. The molecule has 3 heteroatoms. The molecule has 1 aliphatic heterocycles. The van der Waals surface area contributed by atoms with Gasteiger partial charge in [0, 0.05) is 19.6 Å². The SMILES string of the molecule is Cc1ccc(CN2CCC(O)CC2)cc1.Cl. The first-order chi connectivity index (χ1) is 7.24. The van der Waals surface area contributed by atoms with Crippen LogP contribution in [0.3, 0.4) is 0 Å². The number of likely N-dealkylation sites (tertiary alicyclic amines) is 1. The van der Waals surface area contributed by atoms with Crippen LogP contribution in [0.1, 0.15) is 24.0 Å². The van der Waals surface area contributed by atoms with Crippen LogP contribution >= 0.6 is 12.4 Å². The van der Waals surface area contributed by atoms with Gasteiger partial charge in [-0.2, -0.15) is 0 Å². The number of halogens is 1. The number of aliphatic hydroxyl groups excluding tert-OH is 1. The summed E-state index contributed by atoms with van der Waals surface area (Å²) >= 11 is 0. The lowest BCUT2D eigenvalue weighted by molar-refractivity contribution is 0.0792. The Bertz CT molecular complexity index is 304. The van der Waals surface area contributed by atoms with Gasteiger partial charge >= 0.3 is 0 Å². The van der Waals surface area contributed by atoms with Gasteiger partial charge in [0.2, 0.25) is 0 Å². The number of piperidine rings is 1. The minimum Gasteiger partial charge on any atom is -0.393 e. The summed E-state index contributed by atoms with van der Waals surface area (Å²) in [6, 6.07) is 8.71. The Hall–Kier alpha value is -0.570. The summed E-state index contributed by atoms with van der Waals surface area (Å²) in [7, 11) is 0. The second-order valence-corrected chi connectivity index (χ2v) is 4.49. The van der Waals surface area contributed by atoms with Crippen LogP contribution in [-0.2, 0) is 6.54 Å². The molecule has 0 aromatic heterocycles. The maximum Gasteiger partial charge on any atom is 0.0564 e. The largest absolute Gasteiger partial charge is 0.393 e. The molecule has 0 amide bonds. The van der Waals surface area contributed by atoms with Crippen LogP contribution in [0, 0.1) is 6.92 Å². The molecule has 1 aromatic carbocycles. The first-order valence-electron chi connectivity index (χ1n) is 5.70. The van der Waals surface area contributed by atoms with E-state index in [-0.39, 0.29) is 18.5 Å². The van der Waals surface area contributed by atoms with Crippen molar-refractivity contribution in [3.8, 4) is 0 Å². The molecule has 16 heavy (non-hydrogen) atoms. The highest BCUT2D eigenvalue weighted by Gasteiger charge is 2.16. The van der Waals surface area contributed by atoms with Gasteiger partial charge in [-0.15, -0.1) is 12.4 Å². The molecule has 2 nitrogen and oxygen atoms in total.